The van der Waals surface area contributed by atoms with E-state index in [-0.39, 0.29) is 39.3 Å². The number of benzene rings is 2. The van der Waals surface area contributed by atoms with Gasteiger partial charge in [0.15, 0.2) is 5.78 Å². The predicted molar refractivity (Wildman–Crippen MR) is 86.2 cm³/mol. The van der Waals surface area contributed by atoms with E-state index in [1.165, 1.54) is 39.3 Å². The van der Waals surface area contributed by atoms with Crippen molar-refractivity contribution in [2.45, 2.75) is 6.92 Å². The van der Waals surface area contributed by atoms with Gasteiger partial charge in [-0.3, -0.25) is 9.59 Å². The maximum atomic E-state index is 13.0. The fraction of sp³-hybridized carbons (Fsp3) is 0.167. The van der Waals surface area contributed by atoms with Crippen molar-refractivity contribution in [2.24, 2.45) is 0 Å². The second kappa shape index (κ2) is 5.62. The summed E-state index contributed by atoms with van der Waals surface area (Å²) in [6, 6.07) is 4.27. The van der Waals surface area contributed by atoms with Gasteiger partial charge in [-0.15, -0.1) is 0 Å². The minimum absolute atomic E-state index is 0.0289. The van der Waals surface area contributed by atoms with Crippen LogP contribution in [-0.2, 0) is 0 Å². The van der Waals surface area contributed by atoms with Gasteiger partial charge in [-0.25, -0.2) is 4.79 Å². The first-order valence-electron chi connectivity index (χ1n) is 7.27. The highest BCUT2D eigenvalue weighted by molar-refractivity contribution is 6.31. The van der Waals surface area contributed by atoms with E-state index in [1.54, 1.807) is 0 Å². The van der Waals surface area contributed by atoms with Crippen LogP contribution in [0.5, 0.6) is 17.2 Å². The number of phenols is 1. The predicted octanol–water partition coefficient (Wildman–Crippen LogP) is 2.19. The van der Waals surface area contributed by atoms with Crippen LogP contribution in [-0.4, -0.2) is 42.0 Å². The van der Waals surface area contributed by atoms with Crippen LogP contribution in [0.2, 0.25) is 0 Å². The Bertz CT molecular complexity index is 957. The maximum absolute atomic E-state index is 13.0. The van der Waals surface area contributed by atoms with Gasteiger partial charge in [0.1, 0.15) is 22.8 Å². The largest absolute Gasteiger partial charge is 0.506 e. The molecule has 0 spiro atoms. The second-order valence-corrected chi connectivity index (χ2v) is 5.52. The summed E-state index contributed by atoms with van der Waals surface area (Å²) in [7, 11) is 2.71. The van der Waals surface area contributed by atoms with Gasteiger partial charge in [0.05, 0.1) is 30.9 Å². The Morgan fingerprint density at radius 3 is 1.96 bits per heavy atom. The Kier molecular flexibility index (Phi) is 3.71. The second-order valence-electron chi connectivity index (χ2n) is 5.52. The molecule has 1 aliphatic rings. The average Bonchev–Trinajstić information content (AvgIpc) is 2.57. The molecule has 0 unspecified atom stereocenters. The fourth-order valence-electron chi connectivity index (χ4n) is 3.09. The number of ketones is 2. The van der Waals surface area contributed by atoms with Crippen molar-refractivity contribution in [3.05, 3.63) is 51.6 Å². The van der Waals surface area contributed by atoms with E-state index in [2.05, 4.69) is 0 Å². The number of aryl methyl sites for hydroxylation is 1. The molecular formula is C18H14O7. The van der Waals surface area contributed by atoms with Crippen LogP contribution < -0.4 is 9.47 Å². The van der Waals surface area contributed by atoms with Gasteiger partial charge in [-0.1, -0.05) is 0 Å². The molecule has 0 bridgehead atoms. The number of carboxylic acids is 1. The molecule has 0 heterocycles. The molecule has 7 heteroatoms. The van der Waals surface area contributed by atoms with Crippen molar-refractivity contribution in [3.8, 4) is 17.2 Å². The van der Waals surface area contributed by atoms with Crippen molar-refractivity contribution in [3.63, 3.8) is 0 Å². The Morgan fingerprint density at radius 2 is 1.48 bits per heavy atom. The third kappa shape index (κ3) is 2.16. The van der Waals surface area contributed by atoms with Crippen LogP contribution in [0.25, 0.3) is 0 Å². The summed E-state index contributed by atoms with van der Waals surface area (Å²) in [4.78, 5) is 37.3. The van der Waals surface area contributed by atoms with Gasteiger partial charge in [0.2, 0.25) is 5.78 Å². The van der Waals surface area contributed by atoms with Crippen molar-refractivity contribution < 1.29 is 34.1 Å². The Hall–Kier alpha value is -3.35. The molecule has 25 heavy (non-hydrogen) atoms. The van der Waals surface area contributed by atoms with Gasteiger partial charge in [-0.05, 0) is 30.7 Å². The molecule has 2 N–H and O–H groups in total. The molecule has 0 atom stereocenters. The zero-order valence-electron chi connectivity index (χ0n) is 13.7. The molecule has 3 rings (SSSR count). The highest BCUT2D eigenvalue weighted by Gasteiger charge is 2.38. The van der Waals surface area contributed by atoms with Crippen LogP contribution >= 0.6 is 0 Å². The molecule has 2 aromatic carbocycles. The van der Waals surface area contributed by atoms with Gasteiger partial charge in [0.25, 0.3) is 0 Å². The number of ether oxygens (including phenoxy) is 2. The molecule has 0 saturated heterocycles. The number of methoxy groups -OCH3 is 2. The van der Waals surface area contributed by atoms with E-state index < -0.39 is 28.8 Å². The highest BCUT2D eigenvalue weighted by atomic mass is 16.5. The number of rotatable bonds is 3. The molecule has 2 aromatic rings. The molecule has 0 radical (unpaired) electrons. The molecule has 0 amide bonds. The van der Waals surface area contributed by atoms with E-state index >= 15 is 0 Å². The molecule has 1 aliphatic carbocycles. The van der Waals surface area contributed by atoms with Gasteiger partial charge < -0.3 is 19.7 Å². The molecule has 0 fully saturated rings. The smallest absolute Gasteiger partial charge is 0.339 e. The van der Waals surface area contributed by atoms with E-state index in [1.807, 2.05) is 0 Å². The topological polar surface area (TPSA) is 110 Å². The lowest BCUT2D eigenvalue weighted by Gasteiger charge is -2.23. The monoisotopic (exact) mass is 342 g/mol. The van der Waals surface area contributed by atoms with E-state index in [4.69, 9.17) is 9.47 Å². The number of hydrogen-bond acceptors (Lipinski definition) is 6. The normalized spacial score (nSPS) is 12.4. The lowest BCUT2D eigenvalue weighted by atomic mass is 9.80. The minimum atomic E-state index is -1.39. The molecule has 7 nitrogen and oxygen atoms in total. The van der Waals surface area contributed by atoms with Gasteiger partial charge >= 0.3 is 5.97 Å². The minimum Gasteiger partial charge on any atom is -0.506 e. The highest BCUT2D eigenvalue weighted by Crippen LogP contribution is 2.42. The zero-order valence-corrected chi connectivity index (χ0v) is 13.7. The van der Waals surface area contributed by atoms with Crippen LogP contribution in [0.4, 0.5) is 0 Å². The molecule has 0 aliphatic heterocycles. The summed E-state index contributed by atoms with van der Waals surface area (Å²) in [6.07, 6.45) is 0. The van der Waals surface area contributed by atoms with Gasteiger partial charge in [0, 0.05) is 5.56 Å². The van der Waals surface area contributed by atoms with Crippen LogP contribution in [0.1, 0.15) is 47.8 Å². The van der Waals surface area contributed by atoms with Gasteiger partial charge in [-0.2, -0.15) is 0 Å². The summed E-state index contributed by atoms with van der Waals surface area (Å²) in [5, 5.41) is 19.6. The number of aromatic hydroxyl groups is 1. The quantitative estimate of drug-likeness (QED) is 0.750. The molecule has 0 saturated carbocycles. The van der Waals surface area contributed by atoms with E-state index in [9.17, 15) is 24.6 Å². The SMILES string of the molecule is COc1ccc(OC)c2c1C(=O)c1cc(C)c(C(=O)O)c(O)c1C2=O. The number of hydrogen-bond donors (Lipinski definition) is 2. The van der Waals surface area contributed by atoms with Crippen molar-refractivity contribution in [2.75, 3.05) is 14.2 Å². The summed E-state index contributed by atoms with van der Waals surface area (Å²) in [6.45, 7) is 1.44. The van der Waals surface area contributed by atoms with E-state index in [0.29, 0.717) is 0 Å². The summed E-state index contributed by atoms with van der Waals surface area (Å²) in [5.74, 6) is -3.02. The third-order valence-corrected chi connectivity index (χ3v) is 4.21. The van der Waals surface area contributed by atoms with Crippen molar-refractivity contribution in [1.82, 2.24) is 0 Å². The Balaban J connectivity index is 2.42. The Labute approximate surface area is 142 Å². The first kappa shape index (κ1) is 16.5. The van der Waals surface area contributed by atoms with E-state index in [0.717, 1.165) is 0 Å². The molecule has 0 aromatic heterocycles. The fourth-order valence-corrected chi connectivity index (χ4v) is 3.09. The lowest BCUT2D eigenvalue weighted by molar-refractivity contribution is 0.0692. The summed E-state index contributed by atoms with van der Waals surface area (Å²) < 4.78 is 10.3. The first-order chi connectivity index (χ1) is 11.8. The number of aromatic carboxylic acids is 1. The number of fused-ring (bicyclic) bond motifs is 2. The Morgan fingerprint density at radius 1 is 0.960 bits per heavy atom. The zero-order chi connectivity index (χ0) is 18.5. The summed E-state index contributed by atoms with van der Waals surface area (Å²) >= 11 is 0. The molecular weight excluding hydrogens is 328 g/mol. The third-order valence-electron chi connectivity index (χ3n) is 4.21. The number of carbonyl (C=O) groups excluding carboxylic acids is 2. The summed E-state index contributed by atoms with van der Waals surface area (Å²) in [5.41, 5.74) is -0.674. The number of carboxylic acid groups (broad SMARTS) is 1. The maximum Gasteiger partial charge on any atom is 0.339 e. The average molecular weight is 342 g/mol. The van der Waals surface area contributed by atoms with Crippen molar-refractivity contribution in [1.29, 1.82) is 0 Å². The van der Waals surface area contributed by atoms with Crippen LogP contribution in [0, 0.1) is 6.92 Å². The number of carbonyl (C=O) groups is 3. The van der Waals surface area contributed by atoms with Crippen molar-refractivity contribution >= 4 is 17.5 Å². The standard InChI is InChI=1S/C18H14O7/c1-7-6-8-12(16(20)11(7)18(22)23)17(21)14-10(25-3)5-4-9(24-2)13(14)15(8)19/h4-6,20H,1-3H3,(H,22,23). The van der Waals surface area contributed by atoms with Crippen LogP contribution in [0.15, 0.2) is 18.2 Å². The lowest BCUT2D eigenvalue weighted by Crippen LogP contribution is -2.24. The molecule has 128 valence electrons. The van der Waals surface area contributed by atoms with Crippen LogP contribution in [0.3, 0.4) is 0 Å². The first-order valence-corrected chi connectivity index (χ1v) is 7.27.